The van der Waals surface area contributed by atoms with Gasteiger partial charge in [0, 0.05) is 6.04 Å². The predicted octanol–water partition coefficient (Wildman–Crippen LogP) is 3.34. The molecule has 1 aliphatic rings. The highest BCUT2D eigenvalue weighted by molar-refractivity contribution is 4.77. The molecule has 0 aromatic carbocycles. The Labute approximate surface area is 83.3 Å². The van der Waals surface area contributed by atoms with E-state index in [-0.39, 0.29) is 0 Å². The molecule has 0 aliphatic heterocycles. The van der Waals surface area contributed by atoms with Crippen molar-refractivity contribution >= 4 is 0 Å². The first-order valence-electron chi connectivity index (χ1n) is 6.08. The summed E-state index contributed by atoms with van der Waals surface area (Å²) in [6.45, 7) is 5.91. The minimum Gasteiger partial charge on any atom is -0.314 e. The third-order valence-corrected chi connectivity index (χ3v) is 3.30. The molecule has 13 heavy (non-hydrogen) atoms. The molecule has 0 spiro atoms. The van der Waals surface area contributed by atoms with Crippen LogP contribution < -0.4 is 5.32 Å². The molecule has 0 aromatic heterocycles. The van der Waals surface area contributed by atoms with Crippen LogP contribution >= 0.6 is 0 Å². The van der Waals surface area contributed by atoms with E-state index in [1.165, 1.54) is 51.5 Å². The van der Waals surface area contributed by atoms with Crippen LogP contribution in [-0.4, -0.2) is 12.6 Å². The Morgan fingerprint density at radius 3 is 2.62 bits per heavy atom. The van der Waals surface area contributed by atoms with Crippen molar-refractivity contribution in [1.82, 2.24) is 5.32 Å². The van der Waals surface area contributed by atoms with E-state index in [1.807, 2.05) is 0 Å². The lowest BCUT2D eigenvalue weighted by Crippen LogP contribution is -2.37. The van der Waals surface area contributed by atoms with Crippen LogP contribution in [0.3, 0.4) is 0 Å². The monoisotopic (exact) mass is 183 g/mol. The van der Waals surface area contributed by atoms with E-state index in [9.17, 15) is 0 Å². The minimum atomic E-state index is 0.825. The molecule has 0 aromatic rings. The van der Waals surface area contributed by atoms with Gasteiger partial charge in [-0.15, -0.1) is 0 Å². The third-order valence-electron chi connectivity index (χ3n) is 3.30. The molecule has 2 unspecified atom stereocenters. The highest BCUT2D eigenvalue weighted by Crippen LogP contribution is 2.23. The van der Waals surface area contributed by atoms with Crippen molar-refractivity contribution in [2.75, 3.05) is 6.54 Å². The van der Waals surface area contributed by atoms with Gasteiger partial charge in [-0.1, -0.05) is 39.5 Å². The van der Waals surface area contributed by atoms with E-state index in [1.54, 1.807) is 0 Å². The van der Waals surface area contributed by atoms with Gasteiger partial charge >= 0.3 is 0 Å². The van der Waals surface area contributed by atoms with Crippen LogP contribution in [-0.2, 0) is 0 Å². The lowest BCUT2D eigenvalue weighted by Gasteiger charge is -2.29. The van der Waals surface area contributed by atoms with Crippen LogP contribution in [0.2, 0.25) is 0 Å². The first kappa shape index (κ1) is 11.0. The molecule has 1 heteroatoms. The van der Waals surface area contributed by atoms with Crippen molar-refractivity contribution in [3.05, 3.63) is 0 Å². The number of hydrogen-bond acceptors (Lipinski definition) is 1. The molecule has 78 valence electrons. The van der Waals surface area contributed by atoms with Gasteiger partial charge in [0.05, 0.1) is 0 Å². The van der Waals surface area contributed by atoms with Gasteiger partial charge in [0.15, 0.2) is 0 Å². The number of nitrogens with one attached hydrogen (secondary N) is 1. The van der Waals surface area contributed by atoms with Crippen LogP contribution in [0.5, 0.6) is 0 Å². The highest BCUT2D eigenvalue weighted by atomic mass is 14.9. The summed E-state index contributed by atoms with van der Waals surface area (Å²) in [5, 5.41) is 3.71. The largest absolute Gasteiger partial charge is 0.314 e. The van der Waals surface area contributed by atoms with Gasteiger partial charge in [0.2, 0.25) is 0 Å². The summed E-state index contributed by atoms with van der Waals surface area (Å²) < 4.78 is 0. The van der Waals surface area contributed by atoms with Crippen LogP contribution in [0.4, 0.5) is 0 Å². The van der Waals surface area contributed by atoms with Gasteiger partial charge in [0.1, 0.15) is 0 Å². The summed E-state index contributed by atoms with van der Waals surface area (Å²) in [7, 11) is 0. The first-order valence-corrected chi connectivity index (χ1v) is 6.08. The Hall–Kier alpha value is -0.0400. The van der Waals surface area contributed by atoms with Gasteiger partial charge in [-0.2, -0.15) is 0 Å². The molecule has 2 atom stereocenters. The van der Waals surface area contributed by atoms with E-state index in [2.05, 4.69) is 19.2 Å². The van der Waals surface area contributed by atoms with E-state index < -0.39 is 0 Å². The maximum absolute atomic E-state index is 3.71. The van der Waals surface area contributed by atoms with Gasteiger partial charge in [0.25, 0.3) is 0 Å². The maximum Gasteiger partial charge on any atom is 0.00926 e. The Morgan fingerprint density at radius 1 is 1.15 bits per heavy atom. The SMILES string of the molecule is CCCCCNC1CCCCC1C. The van der Waals surface area contributed by atoms with Crippen molar-refractivity contribution in [3.63, 3.8) is 0 Å². The summed E-state index contributed by atoms with van der Waals surface area (Å²) in [4.78, 5) is 0. The topological polar surface area (TPSA) is 12.0 Å². The van der Waals surface area contributed by atoms with Crippen LogP contribution in [0.25, 0.3) is 0 Å². The Kier molecular flexibility index (Phi) is 5.45. The second-order valence-electron chi connectivity index (χ2n) is 4.53. The zero-order valence-electron chi connectivity index (χ0n) is 9.31. The third kappa shape index (κ3) is 4.12. The van der Waals surface area contributed by atoms with Gasteiger partial charge < -0.3 is 5.32 Å². The van der Waals surface area contributed by atoms with E-state index in [4.69, 9.17) is 0 Å². The quantitative estimate of drug-likeness (QED) is 0.645. The predicted molar refractivity (Wildman–Crippen MR) is 58.9 cm³/mol. The van der Waals surface area contributed by atoms with Crippen LogP contribution in [0, 0.1) is 5.92 Å². The lowest BCUT2D eigenvalue weighted by atomic mass is 9.86. The van der Waals surface area contributed by atoms with Crippen LogP contribution in [0.1, 0.15) is 58.8 Å². The van der Waals surface area contributed by atoms with E-state index in [0.29, 0.717) is 0 Å². The van der Waals surface area contributed by atoms with Crippen molar-refractivity contribution in [1.29, 1.82) is 0 Å². The normalized spacial score (nSPS) is 29.1. The molecule has 1 rings (SSSR count). The fourth-order valence-corrected chi connectivity index (χ4v) is 2.28. The maximum atomic E-state index is 3.71. The summed E-state index contributed by atoms with van der Waals surface area (Å²) in [6, 6.07) is 0.825. The van der Waals surface area contributed by atoms with Crippen molar-refractivity contribution in [3.8, 4) is 0 Å². The average molecular weight is 183 g/mol. The Morgan fingerprint density at radius 2 is 1.92 bits per heavy atom. The Bertz CT molecular complexity index is 122. The van der Waals surface area contributed by atoms with Gasteiger partial charge in [-0.3, -0.25) is 0 Å². The number of hydrogen-bond donors (Lipinski definition) is 1. The van der Waals surface area contributed by atoms with E-state index in [0.717, 1.165) is 12.0 Å². The summed E-state index contributed by atoms with van der Waals surface area (Å²) in [6.07, 6.45) is 9.82. The fourth-order valence-electron chi connectivity index (χ4n) is 2.28. The molecule has 1 saturated carbocycles. The average Bonchev–Trinajstić information content (AvgIpc) is 2.15. The zero-order chi connectivity index (χ0) is 9.52. The molecule has 0 amide bonds. The molecular weight excluding hydrogens is 158 g/mol. The standard InChI is InChI=1S/C12H25N/c1-3-4-7-10-13-12-9-6-5-8-11(12)2/h11-13H,3-10H2,1-2H3. The van der Waals surface area contributed by atoms with Gasteiger partial charge in [-0.25, -0.2) is 0 Å². The first-order chi connectivity index (χ1) is 6.34. The summed E-state index contributed by atoms with van der Waals surface area (Å²) in [5.74, 6) is 0.912. The Balaban J connectivity index is 2.05. The van der Waals surface area contributed by atoms with Gasteiger partial charge in [-0.05, 0) is 31.7 Å². The van der Waals surface area contributed by atoms with Crippen LogP contribution in [0.15, 0.2) is 0 Å². The molecular formula is C12H25N. The molecule has 0 bridgehead atoms. The minimum absolute atomic E-state index is 0.825. The molecule has 0 radical (unpaired) electrons. The fraction of sp³-hybridized carbons (Fsp3) is 1.00. The van der Waals surface area contributed by atoms with Crippen molar-refractivity contribution in [2.45, 2.75) is 64.8 Å². The van der Waals surface area contributed by atoms with Crippen molar-refractivity contribution in [2.24, 2.45) is 5.92 Å². The lowest BCUT2D eigenvalue weighted by molar-refractivity contribution is 0.280. The summed E-state index contributed by atoms with van der Waals surface area (Å²) in [5.41, 5.74) is 0. The number of unbranched alkanes of at least 4 members (excludes halogenated alkanes) is 2. The van der Waals surface area contributed by atoms with Crippen molar-refractivity contribution < 1.29 is 0 Å². The molecule has 1 aliphatic carbocycles. The smallest absolute Gasteiger partial charge is 0.00926 e. The molecule has 0 heterocycles. The molecule has 1 N–H and O–H groups in total. The molecule has 1 fully saturated rings. The zero-order valence-corrected chi connectivity index (χ0v) is 9.31. The number of rotatable bonds is 5. The molecule has 0 saturated heterocycles. The van der Waals surface area contributed by atoms with E-state index >= 15 is 0 Å². The summed E-state index contributed by atoms with van der Waals surface area (Å²) >= 11 is 0. The highest BCUT2D eigenvalue weighted by Gasteiger charge is 2.19. The molecule has 1 nitrogen and oxygen atoms in total. The second-order valence-corrected chi connectivity index (χ2v) is 4.53. The second kappa shape index (κ2) is 6.42.